The van der Waals surface area contributed by atoms with Crippen molar-refractivity contribution in [3.05, 3.63) is 49.8 Å². The van der Waals surface area contributed by atoms with E-state index in [0.717, 1.165) is 6.20 Å². The van der Waals surface area contributed by atoms with Crippen LogP contribution in [0.2, 0.25) is 0 Å². The maximum absolute atomic E-state index is 11.9. The standard InChI is InChI=1S/C11H8N2O5/c1-5-2-3-7(13(17)18)8-9(5)12-4-6(10(8)14)11(15)16/h2-4H,1H3,(H,12,14)(H,15,16). The van der Waals surface area contributed by atoms with E-state index < -0.39 is 27.6 Å². The minimum Gasteiger partial charge on any atom is -0.477 e. The van der Waals surface area contributed by atoms with Crippen molar-refractivity contribution < 1.29 is 14.8 Å². The second-order valence-electron chi connectivity index (χ2n) is 3.75. The van der Waals surface area contributed by atoms with Gasteiger partial charge in [0.15, 0.2) is 0 Å². The first-order chi connectivity index (χ1) is 8.43. The molecule has 92 valence electrons. The third kappa shape index (κ3) is 1.61. The molecule has 2 N–H and O–H groups in total. The predicted molar refractivity (Wildman–Crippen MR) is 62.9 cm³/mol. The summed E-state index contributed by atoms with van der Waals surface area (Å²) < 4.78 is 0. The number of nitrogens with one attached hydrogen (secondary N) is 1. The number of non-ortho nitro benzene ring substituents is 1. The number of aromatic nitrogens is 1. The number of hydrogen-bond donors (Lipinski definition) is 2. The quantitative estimate of drug-likeness (QED) is 0.616. The van der Waals surface area contributed by atoms with Crippen LogP contribution in [0.15, 0.2) is 23.1 Å². The van der Waals surface area contributed by atoms with Gasteiger partial charge in [-0.2, -0.15) is 0 Å². The lowest BCUT2D eigenvalue weighted by Gasteiger charge is -2.03. The van der Waals surface area contributed by atoms with Crippen molar-refractivity contribution in [2.75, 3.05) is 0 Å². The lowest BCUT2D eigenvalue weighted by Crippen LogP contribution is -2.16. The summed E-state index contributed by atoms with van der Waals surface area (Å²) in [6.45, 7) is 1.67. The summed E-state index contributed by atoms with van der Waals surface area (Å²) >= 11 is 0. The average Bonchev–Trinajstić information content (AvgIpc) is 2.29. The molecule has 1 aromatic heterocycles. The number of fused-ring (bicyclic) bond motifs is 1. The molecule has 2 rings (SSSR count). The van der Waals surface area contributed by atoms with Gasteiger partial charge in [-0.1, -0.05) is 6.07 Å². The van der Waals surface area contributed by atoms with Gasteiger partial charge < -0.3 is 10.1 Å². The average molecular weight is 248 g/mol. The van der Waals surface area contributed by atoms with E-state index in [2.05, 4.69) is 4.98 Å². The number of benzene rings is 1. The van der Waals surface area contributed by atoms with Crippen LogP contribution in [-0.4, -0.2) is 21.0 Å². The number of nitro benzene ring substituents is 1. The molecule has 0 fully saturated rings. The van der Waals surface area contributed by atoms with Gasteiger partial charge in [0.05, 0.1) is 10.4 Å². The number of H-pyrrole nitrogens is 1. The lowest BCUT2D eigenvalue weighted by atomic mass is 10.1. The molecule has 0 saturated heterocycles. The second-order valence-corrected chi connectivity index (χ2v) is 3.75. The van der Waals surface area contributed by atoms with Gasteiger partial charge in [-0.3, -0.25) is 14.9 Å². The Labute approximate surface area is 99.8 Å². The fraction of sp³-hybridized carbons (Fsp3) is 0.0909. The molecule has 7 nitrogen and oxygen atoms in total. The van der Waals surface area contributed by atoms with Crippen molar-refractivity contribution in [3.63, 3.8) is 0 Å². The third-order valence-electron chi connectivity index (χ3n) is 2.65. The Balaban J connectivity index is 3.03. The SMILES string of the molecule is Cc1ccc([N+](=O)[O-])c2c(=O)c(C(=O)O)c[nH]c12. The molecule has 18 heavy (non-hydrogen) atoms. The van der Waals surface area contributed by atoms with Crippen molar-refractivity contribution >= 4 is 22.6 Å². The molecule has 0 amide bonds. The normalized spacial score (nSPS) is 10.5. The van der Waals surface area contributed by atoms with Crippen molar-refractivity contribution in [2.45, 2.75) is 6.92 Å². The monoisotopic (exact) mass is 248 g/mol. The largest absolute Gasteiger partial charge is 0.477 e. The van der Waals surface area contributed by atoms with E-state index in [1.807, 2.05) is 0 Å². The van der Waals surface area contributed by atoms with Gasteiger partial charge in [-0.05, 0) is 12.5 Å². The molecule has 0 spiro atoms. The fourth-order valence-corrected chi connectivity index (χ4v) is 1.77. The fourth-order valence-electron chi connectivity index (χ4n) is 1.77. The number of pyridine rings is 1. The Morgan fingerprint density at radius 2 is 2.11 bits per heavy atom. The van der Waals surface area contributed by atoms with Crippen molar-refractivity contribution in [2.24, 2.45) is 0 Å². The molecule has 0 unspecified atom stereocenters. The zero-order valence-corrected chi connectivity index (χ0v) is 9.26. The summed E-state index contributed by atoms with van der Waals surface area (Å²) in [5.74, 6) is -1.42. The Bertz CT molecular complexity index is 732. The first-order valence-corrected chi connectivity index (χ1v) is 4.96. The zero-order valence-electron chi connectivity index (χ0n) is 9.26. The number of aromatic amines is 1. The number of rotatable bonds is 2. The van der Waals surface area contributed by atoms with Crippen LogP contribution in [0.4, 0.5) is 5.69 Å². The topological polar surface area (TPSA) is 113 Å². The summed E-state index contributed by atoms with van der Waals surface area (Å²) in [5, 5.41) is 19.5. The van der Waals surface area contributed by atoms with E-state index in [4.69, 9.17) is 5.11 Å². The number of carboxylic acids is 1. The highest BCUT2D eigenvalue weighted by atomic mass is 16.6. The van der Waals surface area contributed by atoms with Gasteiger partial charge in [0.2, 0.25) is 5.43 Å². The highest BCUT2D eigenvalue weighted by Gasteiger charge is 2.20. The van der Waals surface area contributed by atoms with Gasteiger partial charge in [-0.25, -0.2) is 4.79 Å². The van der Waals surface area contributed by atoms with Gasteiger partial charge in [0.25, 0.3) is 5.69 Å². The molecule has 0 saturated carbocycles. The van der Waals surface area contributed by atoms with Crippen LogP contribution in [0.25, 0.3) is 10.9 Å². The number of aryl methyl sites for hydroxylation is 1. The number of nitrogens with zero attached hydrogens (tertiary/aromatic N) is 1. The first-order valence-electron chi connectivity index (χ1n) is 4.96. The van der Waals surface area contributed by atoms with Crippen LogP contribution in [0.5, 0.6) is 0 Å². The van der Waals surface area contributed by atoms with Crippen LogP contribution in [0, 0.1) is 17.0 Å². The molecule has 1 aromatic carbocycles. The molecule has 0 aliphatic rings. The first kappa shape index (κ1) is 11.8. The van der Waals surface area contributed by atoms with E-state index in [-0.39, 0.29) is 10.9 Å². The molecule has 7 heteroatoms. The molecule has 0 bridgehead atoms. The maximum atomic E-state index is 11.9. The molecule has 0 aliphatic carbocycles. The van der Waals surface area contributed by atoms with E-state index in [1.165, 1.54) is 12.1 Å². The third-order valence-corrected chi connectivity index (χ3v) is 2.65. The number of nitro groups is 1. The predicted octanol–water partition coefficient (Wildman–Crippen LogP) is 1.44. The van der Waals surface area contributed by atoms with Gasteiger partial charge in [0.1, 0.15) is 10.9 Å². The zero-order chi connectivity index (χ0) is 13.4. The number of hydrogen-bond acceptors (Lipinski definition) is 4. The molecule has 0 aliphatic heterocycles. The number of carbonyl (C=O) groups is 1. The smallest absolute Gasteiger partial charge is 0.341 e. The van der Waals surface area contributed by atoms with Gasteiger partial charge in [-0.15, -0.1) is 0 Å². The molecule has 1 heterocycles. The molecular weight excluding hydrogens is 240 g/mol. The van der Waals surface area contributed by atoms with E-state index in [1.54, 1.807) is 6.92 Å². The van der Waals surface area contributed by atoms with Gasteiger partial charge in [0, 0.05) is 12.3 Å². The summed E-state index contributed by atoms with van der Waals surface area (Å²) in [4.78, 5) is 35.6. The van der Waals surface area contributed by atoms with Crippen molar-refractivity contribution in [1.82, 2.24) is 4.98 Å². The summed E-state index contributed by atoms with van der Waals surface area (Å²) in [7, 11) is 0. The second kappa shape index (κ2) is 3.95. The van der Waals surface area contributed by atoms with Crippen LogP contribution >= 0.6 is 0 Å². The lowest BCUT2D eigenvalue weighted by molar-refractivity contribution is -0.383. The summed E-state index contributed by atoms with van der Waals surface area (Å²) in [5.41, 5.74) is -0.869. The Hall–Kier alpha value is -2.70. The Kier molecular flexibility index (Phi) is 2.59. The number of carboxylic acid groups (broad SMARTS) is 1. The highest BCUT2D eigenvalue weighted by molar-refractivity contribution is 5.96. The highest BCUT2D eigenvalue weighted by Crippen LogP contribution is 2.24. The molecule has 0 radical (unpaired) electrons. The minimum atomic E-state index is -1.42. The van der Waals surface area contributed by atoms with E-state index >= 15 is 0 Å². The van der Waals surface area contributed by atoms with Crippen LogP contribution in [0.1, 0.15) is 15.9 Å². The minimum absolute atomic E-state index is 0.208. The van der Waals surface area contributed by atoms with Crippen LogP contribution < -0.4 is 5.43 Å². The summed E-state index contributed by atoms with van der Waals surface area (Å²) in [6, 6.07) is 2.69. The Morgan fingerprint density at radius 3 is 2.67 bits per heavy atom. The molecule has 2 aromatic rings. The Morgan fingerprint density at radius 1 is 1.44 bits per heavy atom. The van der Waals surface area contributed by atoms with Gasteiger partial charge >= 0.3 is 5.97 Å². The van der Waals surface area contributed by atoms with Crippen LogP contribution in [0.3, 0.4) is 0 Å². The van der Waals surface area contributed by atoms with E-state index in [9.17, 15) is 19.7 Å². The van der Waals surface area contributed by atoms with Crippen molar-refractivity contribution in [3.8, 4) is 0 Å². The molecular formula is C11H8N2O5. The summed E-state index contributed by atoms with van der Waals surface area (Å²) in [6.07, 6.45) is 1.05. The maximum Gasteiger partial charge on any atom is 0.341 e. The van der Waals surface area contributed by atoms with E-state index in [0.29, 0.717) is 5.56 Å². The van der Waals surface area contributed by atoms with Crippen molar-refractivity contribution in [1.29, 1.82) is 0 Å². The van der Waals surface area contributed by atoms with Crippen LogP contribution in [-0.2, 0) is 0 Å². The number of aromatic carboxylic acids is 1. The molecule has 0 atom stereocenters.